The number of rotatable bonds is 1. The van der Waals surface area contributed by atoms with Crippen molar-refractivity contribution in [2.75, 3.05) is 0 Å². The van der Waals surface area contributed by atoms with Crippen LogP contribution in [-0.4, -0.2) is 20.0 Å². The monoisotopic (exact) mass is 274 g/mol. The molecule has 0 unspecified atom stereocenters. The molecular formula is C14H11ClN2O2. The first-order valence-electron chi connectivity index (χ1n) is 5.73. The molecule has 0 amide bonds. The van der Waals surface area contributed by atoms with Crippen LogP contribution in [0.4, 0.5) is 0 Å². The summed E-state index contributed by atoms with van der Waals surface area (Å²) in [5, 5.41) is 24.5. The molecule has 0 aliphatic rings. The SMILES string of the molecule is Cc1cc(-n2nc3ccc(O)cc3c2Cl)ccc1O. The molecule has 3 aromatic rings. The van der Waals surface area contributed by atoms with Gasteiger partial charge in [0.25, 0.3) is 0 Å². The summed E-state index contributed by atoms with van der Waals surface area (Å²) in [7, 11) is 0. The quantitative estimate of drug-likeness (QED) is 0.715. The maximum absolute atomic E-state index is 9.54. The van der Waals surface area contributed by atoms with Crippen LogP contribution in [0.1, 0.15) is 5.56 Å². The van der Waals surface area contributed by atoms with Gasteiger partial charge in [0.15, 0.2) is 0 Å². The Hall–Kier alpha value is -2.20. The van der Waals surface area contributed by atoms with Crippen LogP contribution in [0.15, 0.2) is 36.4 Å². The lowest BCUT2D eigenvalue weighted by Gasteiger charge is -2.05. The number of aromatic nitrogens is 2. The van der Waals surface area contributed by atoms with Crippen molar-refractivity contribution in [3.8, 4) is 17.2 Å². The summed E-state index contributed by atoms with van der Waals surface area (Å²) in [6.45, 7) is 1.81. The predicted octanol–water partition coefficient (Wildman–Crippen LogP) is 3.40. The van der Waals surface area contributed by atoms with Crippen LogP contribution in [0.3, 0.4) is 0 Å². The average molecular weight is 275 g/mol. The molecule has 1 aromatic heterocycles. The third-order valence-electron chi connectivity index (χ3n) is 3.02. The van der Waals surface area contributed by atoms with E-state index < -0.39 is 0 Å². The van der Waals surface area contributed by atoms with Crippen LogP contribution >= 0.6 is 11.6 Å². The number of aromatic hydroxyl groups is 2. The lowest BCUT2D eigenvalue weighted by atomic mass is 10.2. The zero-order valence-electron chi connectivity index (χ0n) is 10.1. The summed E-state index contributed by atoms with van der Waals surface area (Å²) >= 11 is 6.28. The Kier molecular flexibility index (Phi) is 2.61. The number of hydrogen-bond donors (Lipinski definition) is 2. The minimum atomic E-state index is 0.149. The van der Waals surface area contributed by atoms with Gasteiger partial charge in [-0.3, -0.25) is 0 Å². The van der Waals surface area contributed by atoms with Crippen molar-refractivity contribution >= 4 is 22.5 Å². The normalized spacial score (nSPS) is 11.1. The zero-order valence-corrected chi connectivity index (χ0v) is 10.9. The summed E-state index contributed by atoms with van der Waals surface area (Å²) in [5.41, 5.74) is 2.21. The Morgan fingerprint density at radius 1 is 1.11 bits per heavy atom. The fraction of sp³-hybridized carbons (Fsp3) is 0.0714. The van der Waals surface area contributed by atoms with Gasteiger partial charge in [0.05, 0.1) is 11.2 Å². The highest BCUT2D eigenvalue weighted by Gasteiger charge is 2.12. The Balaban J connectivity index is 2.24. The summed E-state index contributed by atoms with van der Waals surface area (Å²) in [4.78, 5) is 0. The number of phenolic OH excluding ortho intramolecular Hbond substituents is 2. The van der Waals surface area contributed by atoms with E-state index in [-0.39, 0.29) is 11.5 Å². The Labute approximate surface area is 114 Å². The standard InChI is InChI=1S/C14H11ClN2O2/c1-8-6-9(2-5-13(8)19)17-14(15)11-7-10(18)3-4-12(11)16-17/h2-7,18-19H,1H3. The molecule has 0 atom stereocenters. The summed E-state index contributed by atoms with van der Waals surface area (Å²) < 4.78 is 1.58. The number of hydrogen-bond acceptors (Lipinski definition) is 3. The molecule has 0 spiro atoms. The first-order chi connectivity index (χ1) is 9.06. The zero-order chi connectivity index (χ0) is 13.6. The largest absolute Gasteiger partial charge is 0.508 e. The van der Waals surface area contributed by atoms with E-state index in [1.165, 1.54) is 0 Å². The molecule has 0 saturated heterocycles. The van der Waals surface area contributed by atoms with E-state index in [0.717, 1.165) is 11.3 Å². The highest BCUT2D eigenvalue weighted by molar-refractivity contribution is 6.34. The molecule has 3 rings (SSSR count). The third kappa shape index (κ3) is 1.90. The Morgan fingerprint density at radius 3 is 2.63 bits per heavy atom. The molecule has 0 radical (unpaired) electrons. The highest BCUT2D eigenvalue weighted by Crippen LogP contribution is 2.30. The molecule has 0 saturated carbocycles. The predicted molar refractivity (Wildman–Crippen MR) is 74.1 cm³/mol. The van der Waals surface area contributed by atoms with Gasteiger partial charge in [0.2, 0.25) is 0 Å². The first kappa shape index (κ1) is 11.9. The van der Waals surface area contributed by atoms with Crippen molar-refractivity contribution in [2.24, 2.45) is 0 Å². The van der Waals surface area contributed by atoms with Gasteiger partial charge in [-0.25, -0.2) is 4.68 Å². The topological polar surface area (TPSA) is 58.3 Å². The molecule has 96 valence electrons. The van der Waals surface area contributed by atoms with E-state index in [4.69, 9.17) is 11.6 Å². The van der Waals surface area contributed by atoms with E-state index in [9.17, 15) is 10.2 Å². The van der Waals surface area contributed by atoms with Gasteiger partial charge in [0, 0.05) is 5.39 Å². The lowest BCUT2D eigenvalue weighted by Crippen LogP contribution is -1.96. The molecule has 2 aromatic carbocycles. The van der Waals surface area contributed by atoms with Crippen molar-refractivity contribution in [1.82, 2.24) is 9.78 Å². The van der Waals surface area contributed by atoms with Crippen LogP contribution in [0.2, 0.25) is 5.15 Å². The number of benzene rings is 2. The number of fused-ring (bicyclic) bond motifs is 1. The molecular weight excluding hydrogens is 264 g/mol. The van der Waals surface area contributed by atoms with E-state index in [1.54, 1.807) is 41.1 Å². The second kappa shape index (κ2) is 4.17. The molecule has 0 bridgehead atoms. The fourth-order valence-electron chi connectivity index (χ4n) is 1.98. The fourth-order valence-corrected chi connectivity index (χ4v) is 2.27. The molecule has 2 N–H and O–H groups in total. The Bertz CT molecular complexity index is 780. The van der Waals surface area contributed by atoms with Crippen LogP contribution in [0.25, 0.3) is 16.6 Å². The summed E-state index contributed by atoms with van der Waals surface area (Å²) in [6.07, 6.45) is 0. The van der Waals surface area contributed by atoms with Gasteiger partial charge in [0.1, 0.15) is 16.7 Å². The van der Waals surface area contributed by atoms with Crippen LogP contribution in [0.5, 0.6) is 11.5 Å². The van der Waals surface area contributed by atoms with Gasteiger partial charge in [-0.05, 0) is 48.9 Å². The molecule has 0 aliphatic heterocycles. The summed E-state index contributed by atoms with van der Waals surface area (Å²) in [6, 6.07) is 9.99. The Morgan fingerprint density at radius 2 is 1.89 bits per heavy atom. The number of nitrogens with zero attached hydrogens (tertiary/aromatic N) is 2. The molecule has 0 aliphatic carbocycles. The van der Waals surface area contributed by atoms with Gasteiger partial charge in [-0.2, -0.15) is 5.10 Å². The van der Waals surface area contributed by atoms with Gasteiger partial charge in [-0.1, -0.05) is 11.6 Å². The second-order valence-electron chi connectivity index (χ2n) is 4.37. The van der Waals surface area contributed by atoms with Crippen LogP contribution in [-0.2, 0) is 0 Å². The molecule has 19 heavy (non-hydrogen) atoms. The van der Waals surface area contributed by atoms with Gasteiger partial charge < -0.3 is 10.2 Å². The maximum atomic E-state index is 9.54. The number of halogens is 1. The molecule has 0 fully saturated rings. The summed E-state index contributed by atoms with van der Waals surface area (Å²) in [5.74, 6) is 0.380. The lowest BCUT2D eigenvalue weighted by molar-refractivity contribution is 0.471. The first-order valence-corrected chi connectivity index (χ1v) is 6.11. The van der Waals surface area contributed by atoms with E-state index in [2.05, 4.69) is 5.10 Å². The minimum absolute atomic E-state index is 0.149. The van der Waals surface area contributed by atoms with E-state index >= 15 is 0 Å². The van der Waals surface area contributed by atoms with Crippen molar-refractivity contribution in [2.45, 2.75) is 6.92 Å². The van der Waals surface area contributed by atoms with Crippen molar-refractivity contribution < 1.29 is 10.2 Å². The van der Waals surface area contributed by atoms with Crippen LogP contribution in [0, 0.1) is 6.92 Å². The van der Waals surface area contributed by atoms with Crippen molar-refractivity contribution in [3.63, 3.8) is 0 Å². The van der Waals surface area contributed by atoms with Gasteiger partial charge in [-0.15, -0.1) is 0 Å². The second-order valence-corrected chi connectivity index (χ2v) is 4.73. The number of phenols is 2. The molecule has 1 heterocycles. The molecule has 4 nitrogen and oxygen atoms in total. The highest BCUT2D eigenvalue weighted by atomic mass is 35.5. The van der Waals surface area contributed by atoms with Crippen LogP contribution < -0.4 is 0 Å². The van der Waals surface area contributed by atoms with Crippen molar-refractivity contribution in [3.05, 3.63) is 47.1 Å². The molecule has 5 heteroatoms. The third-order valence-corrected chi connectivity index (χ3v) is 3.38. The van der Waals surface area contributed by atoms with Crippen molar-refractivity contribution in [1.29, 1.82) is 0 Å². The maximum Gasteiger partial charge on any atom is 0.140 e. The number of aryl methyl sites for hydroxylation is 1. The van der Waals surface area contributed by atoms with Gasteiger partial charge >= 0.3 is 0 Å². The minimum Gasteiger partial charge on any atom is -0.508 e. The smallest absolute Gasteiger partial charge is 0.140 e. The van der Waals surface area contributed by atoms with E-state index in [1.807, 2.05) is 6.92 Å². The average Bonchev–Trinajstić information content (AvgIpc) is 2.70. The van der Waals surface area contributed by atoms with E-state index in [0.29, 0.717) is 16.1 Å².